The van der Waals surface area contributed by atoms with E-state index >= 15 is 0 Å². The minimum atomic E-state index is -0.896. The number of aromatic nitrogens is 2. The zero-order chi connectivity index (χ0) is 28.1. The molecule has 0 saturated heterocycles. The van der Waals surface area contributed by atoms with Gasteiger partial charge >= 0.3 is 5.97 Å². The molecule has 9 nitrogen and oxygen atoms in total. The number of imidazole rings is 1. The van der Waals surface area contributed by atoms with Crippen LogP contribution >= 0.6 is 0 Å². The minimum absolute atomic E-state index is 0.0733. The summed E-state index contributed by atoms with van der Waals surface area (Å²) < 4.78 is 1.98. The number of hydrogen-bond donors (Lipinski definition) is 4. The summed E-state index contributed by atoms with van der Waals surface area (Å²) in [6.07, 6.45) is 12.8. The number of fused-ring (bicyclic) bond motifs is 1. The van der Waals surface area contributed by atoms with Crippen LogP contribution in [-0.4, -0.2) is 44.4 Å². The number of pyridine rings is 1. The lowest BCUT2D eigenvalue weighted by molar-refractivity contribution is -0.137. The Bertz CT molecular complexity index is 1350. The third kappa shape index (κ3) is 6.63. The third-order valence-corrected chi connectivity index (χ3v) is 8.24. The number of carboxylic acids is 1. The summed E-state index contributed by atoms with van der Waals surface area (Å²) in [5.74, 6) is -0.230. The summed E-state index contributed by atoms with van der Waals surface area (Å²) in [6.45, 7) is 1.48. The van der Waals surface area contributed by atoms with Gasteiger partial charge in [0.1, 0.15) is 17.2 Å². The van der Waals surface area contributed by atoms with E-state index in [9.17, 15) is 19.5 Å². The van der Waals surface area contributed by atoms with E-state index in [0.717, 1.165) is 67.7 Å². The predicted octanol–water partition coefficient (Wildman–Crippen LogP) is 5.86. The highest BCUT2D eigenvalue weighted by atomic mass is 16.4. The largest absolute Gasteiger partial charge is 0.481 e. The molecule has 1 atom stereocenters. The molecule has 0 aliphatic heterocycles. The van der Waals surface area contributed by atoms with Crippen molar-refractivity contribution < 1.29 is 19.5 Å². The zero-order valence-electron chi connectivity index (χ0n) is 23.1. The van der Waals surface area contributed by atoms with Gasteiger partial charge in [0.05, 0.1) is 6.42 Å². The van der Waals surface area contributed by atoms with Crippen LogP contribution in [0.3, 0.4) is 0 Å². The van der Waals surface area contributed by atoms with Gasteiger partial charge < -0.3 is 21.1 Å². The summed E-state index contributed by atoms with van der Waals surface area (Å²) in [5, 5.41) is 19.0. The number of rotatable bonds is 9. The Morgan fingerprint density at radius 2 is 1.65 bits per heavy atom. The molecule has 212 valence electrons. The van der Waals surface area contributed by atoms with E-state index in [1.165, 1.54) is 26.2 Å². The SMILES string of the molecule is CC(=O)Nc1ccc(-c2nc3cc(C(=O)NC(CC(=O)O)C4CCCCC4)ccn3c2NC2CCCCC2)cc1. The maximum Gasteiger partial charge on any atom is 0.305 e. The lowest BCUT2D eigenvalue weighted by Gasteiger charge is -2.30. The molecule has 2 aliphatic rings. The van der Waals surface area contributed by atoms with E-state index in [2.05, 4.69) is 16.0 Å². The Hall–Kier alpha value is -3.88. The van der Waals surface area contributed by atoms with Crippen molar-refractivity contribution >= 4 is 34.9 Å². The van der Waals surface area contributed by atoms with Gasteiger partial charge in [0.25, 0.3) is 5.91 Å². The van der Waals surface area contributed by atoms with Gasteiger partial charge in [0.15, 0.2) is 0 Å². The molecular formula is C31H39N5O4. The van der Waals surface area contributed by atoms with E-state index in [4.69, 9.17) is 4.98 Å². The van der Waals surface area contributed by atoms with Crippen molar-refractivity contribution in [3.63, 3.8) is 0 Å². The first-order valence-corrected chi connectivity index (χ1v) is 14.6. The van der Waals surface area contributed by atoms with Gasteiger partial charge in [-0.3, -0.25) is 18.8 Å². The number of nitrogens with zero attached hydrogens (tertiary/aromatic N) is 2. The molecule has 9 heteroatoms. The zero-order valence-corrected chi connectivity index (χ0v) is 23.1. The highest BCUT2D eigenvalue weighted by Crippen LogP contribution is 2.33. The average molecular weight is 546 g/mol. The fourth-order valence-corrected chi connectivity index (χ4v) is 6.19. The maximum atomic E-state index is 13.3. The molecule has 5 rings (SSSR count). The van der Waals surface area contributed by atoms with Gasteiger partial charge in [-0.2, -0.15) is 0 Å². The van der Waals surface area contributed by atoms with E-state index < -0.39 is 5.97 Å². The number of amides is 2. The average Bonchev–Trinajstić information content (AvgIpc) is 3.31. The topological polar surface area (TPSA) is 125 Å². The molecule has 0 bridgehead atoms. The second-order valence-electron chi connectivity index (χ2n) is 11.3. The molecule has 2 aromatic heterocycles. The molecule has 4 N–H and O–H groups in total. The van der Waals surface area contributed by atoms with E-state index in [1.54, 1.807) is 12.1 Å². The van der Waals surface area contributed by atoms with Crippen LogP contribution in [0.5, 0.6) is 0 Å². The molecule has 0 spiro atoms. The normalized spacial score (nSPS) is 17.3. The molecule has 1 aromatic carbocycles. The molecule has 2 saturated carbocycles. The van der Waals surface area contributed by atoms with Crippen molar-refractivity contribution in [2.24, 2.45) is 5.92 Å². The van der Waals surface area contributed by atoms with Crippen molar-refractivity contribution in [3.05, 3.63) is 48.2 Å². The van der Waals surface area contributed by atoms with E-state index in [1.807, 2.05) is 34.9 Å². The van der Waals surface area contributed by atoms with Gasteiger partial charge in [-0.25, -0.2) is 4.98 Å². The summed E-state index contributed by atoms with van der Waals surface area (Å²) in [7, 11) is 0. The Kier molecular flexibility index (Phi) is 8.67. The predicted molar refractivity (Wildman–Crippen MR) is 156 cm³/mol. The number of carbonyl (C=O) groups excluding carboxylic acids is 2. The molecule has 3 aromatic rings. The van der Waals surface area contributed by atoms with E-state index in [-0.39, 0.29) is 30.2 Å². The van der Waals surface area contributed by atoms with Crippen molar-refractivity contribution in [3.8, 4) is 11.3 Å². The number of hydrogen-bond acceptors (Lipinski definition) is 5. The van der Waals surface area contributed by atoms with Crippen LogP contribution in [0.15, 0.2) is 42.6 Å². The third-order valence-electron chi connectivity index (χ3n) is 8.24. The Balaban J connectivity index is 1.44. The van der Waals surface area contributed by atoms with Crippen molar-refractivity contribution in [2.75, 3.05) is 10.6 Å². The Labute approximate surface area is 234 Å². The van der Waals surface area contributed by atoms with E-state index in [0.29, 0.717) is 17.3 Å². The molecular weight excluding hydrogens is 506 g/mol. The molecule has 2 fully saturated rings. The fourth-order valence-electron chi connectivity index (χ4n) is 6.19. The van der Waals surface area contributed by atoms with Crippen molar-refractivity contribution in [1.82, 2.24) is 14.7 Å². The lowest BCUT2D eigenvalue weighted by Crippen LogP contribution is -2.42. The Morgan fingerprint density at radius 1 is 0.975 bits per heavy atom. The number of anilines is 2. The van der Waals surface area contributed by atoms with Crippen LogP contribution in [0.4, 0.5) is 11.5 Å². The molecule has 2 aliphatic carbocycles. The number of aliphatic carboxylic acids is 1. The smallest absolute Gasteiger partial charge is 0.305 e. The lowest BCUT2D eigenvalue weighted by atomic mass is 9.82. The highest BCUT2D eigenvalue weighted by molar-refractivity contribution is 5.96. The van der Waals surface area contributed by atoms with Crippen LogP contribution in [0.2, 0.25) is 0 Å². The van der Waals surface area contributed by atoms with Gasteiger partial charge in [-0.05, 0) is 55.9 Å². The summed E-state index contributed by atoms with van der Waals surface area (Å²) >= 11 is 0. The number of carbonyl (C=O) groups is 3. The molecule has 2 heterocycles. The monoisotopic (exact) mass is 545 g/mol. The summed E-state index contributed by atoms with van der Waals surface area (Å²) in [6, 6.07) is 11.1. The van der Waals surface area contributed by atoms with Crippen LogP contribution < -0.4 is 16.0 Å². The van der Waals surface area contributed by atoms with Crippen molar-refractivity contribution in [1.29, 1.82) is 0 Å². The van der Waals surface area contributed by atoms with Gasteiger partial charge in [-0.1, -0.05) is 50.7 Å². The maximum absolute atomic E-state index is 13.3. The quantitative estimate of drug-likeness (QED) is 0.267. The molecule has 40 heavy (non-hydrogen) atoms. The number of carboxylic acid groups (broad SMARTS) is 1. The van der Waals surface area contributed by atoms with Crippen LogP contribution in [0, 0.1) is 5.92 Å². The van der Waals surface area contributed by atoms with Crippen LogP contribution in [0.1, 0.15) is 87.9 Å². The second kappa shape index (κ2) is 12.5. The van der Waals surface area contributed by atoms with Crippen LogP contribution in [0.25, 0.3) is 16.9 Å². The molecule has 2 amide bonds. The van der Waals surface area contributed by atoms with Crippen LogP contribution in [-0.2, 0) is 9.59 Å². The fraction of sp³-hybridized carbons (Fsp3) is 0.484. The molecule has 0 radical (unpaired) electrons. The number of nitrogens with one attached hydrogen (secondary N) is 3. The van der Waals surface area contributed by atoms with Gasteiger partial charge in [0.2, 0.25) is 5.91 Å². The van der Waals surface area contributed by atoms with Crippen molar-refractivity contribution in [2.45, 2.75) is 89.6 Å². The Morgan fingerprint density at radius 3 is 2.30 bits per heavy atom. The summed E-state index contributed by atoms with van der Waals surface area (Å²) in [4.78, 5) is 41.3. The first-order valence-electron chi connectivity index (χ1n) is 14.6. The first kappa shape index (κ1) is 27.7. The standard InChI is InChI=1S/C31H39N5O4/c1-20(37)32-25-14-12-22(13-15-25)29-30(33-24-10-6-3-7-11-24)36-17-16-23(18-27(36)35-29)31(40)34-26(19-28(38)39)21-8-4-2-5-9-21/h12-18,21,24,26,33H,2-11,19H2,1H3,(H,32,37)(H,34,40)(H,38,39). The minimum Gasteiger partial charge on any atom is -0.481 e. The van der Waals surface area contributed by atoms with Gasteiger partial charge in [-0.15, -0.1) is 0 Å². The second-order valence-corrected chi connectivity index (χ2v) is 11.3. The van der Waals surface area contributed by atoms with Gasteiger partial charge in [0, 0.05) is 42.0 Å². The summed E-state index contributed by atoms with van der Waals surface area (Å²) in [5.41, 5.74) is 3.50. The number of benzene rings is 1. The first-order chi connectivity index (χ1) is 19.4. The highest BCUT2D eigenvalue weighted by Gasteiger charge is 2.28. The molecule has 1 unspecified atom stereocenters.